The van der Waals surface area contributed by atoms with Gasteiger partial charge < -0.3 is 5.32 Å². The van der Waals surface area contributed by atoms with Gasteiger partial charge in [0.2, 0.25) is 0 Å². The summed E-state index contributed by atoms with van der Waals surface area (Å²) in [6, 6.07) is 5.14. The summed E-state index contributed by atoms with van der Waals surface area (Å²) in [6.45, 7) is 7.65. The number of rotatable bonds is 5. The van der Waals surface area contributed by atoms with Gasteiger partial charge in [-0.25, -0.2) is 9.37 Å². The first kappa shape index (κ1) is 19.7. The highest BCUT2D eigenvalue weighted by Crippen LogP contribution is 2.29. The Hall–Kier alpha value is -2.56. The highest BCUT2D eigenvalue weighted by atomic mass is 32.1. The molecule has 150 valence electrons. The molecule has 1 aromatic carbocycles. The summed E-state index contributed by atoms with van der Waals surface area (Å²) < 4.78 is 14.0. The fourth-order valence-corrected chi connectivity index (χ4v) is 4.62. The van der Waals surface area contributed by atoms with Gasteiger partial charge >= 0.3 is 0 Å². The molecule has 0 unspecified atom stereocenters. The first-order valence-electron chi connectivity index (χ1n) is 9.89. The molecule has 29 heavy (non-hydrogen) atoms. The van der Waals surface area contributed by atoms with E-state index in [2.05, 4.69) is 31.6 Å². The number of aryl methyl sites for hydroxylation is 2. The number of piperidine rings is 1. The van der Waals surface area contributed by atoms with Crippen LogP contribution >= 0.6 is 11.3 Å². The standard InChI is InChI=1S/C22H24FN5S/c1-14-7-18(23)8-20-21(14)26-11-17(9-24)22(20)25-10-16-3-5-28(6-4-16)12-19-13-29-15(2)27-19/h7-8,11,13,16H,3-6,10,12H2,1-2H3,(H,25,26). The molecule has 0 aliphatic carbocycles. The molecule has 7 heteroatoms. The van der Waals surface area contributed by atoms with Crippen LogP contribution in [0.3, 0.4) is 0 Å². The number of hydrogen-bond acceptors (Lipinski definition) is 6. The van der Waals surface area contributed by atoms with Crippen LogP contribution in [0.1, 0.15) is 34.7 Å². The Bertz CT molecular complexity index is 1060. The number of likely N-dealkylation sites (tertiary alicyclic amines) is 1. The van der Waals surface area contributed by atoms with E-state index in [-0.39, 0.29) is 5.82 Å². The summed E-state index contributed by atoms with van der Waals surface area (Å²) >= 11 is 1.70. The molecule has 2 aromatic heterocycles. The van der Waals surface area contributed by atoms with Crippen molar-refractivity contribution in [3.63, 3.8) is 0 Å². The number of thiazole rings is 1. The average molecular weight is 410 g/mol. The highest BCUT2D eigenvalue weighted by molar-refractivity contribution is 7.09. The predicted molar refractivity (Wildman–Crippen MR) is 114 cm³/mol. The number of halogens is 1. The molecular weight excluding hydrogens is 385 g/mol. The highest BCUT2D eigenvalue weighted by Gasteiger charge is 2.21. The Morgan fingerprint density at radius 3 is 2.79 bits per heavy atom. The lowest BCUT2D eigenvalue weighted by molar-refractivity contribution is 0.181. The number of hydrogen-bond donors (Lipinski definition) is 1. The lowest BCUT2D eigenvalue weighted by Gasteiger charge is -2.31. The van der Waals surface area contributed by atoms with Gasteiger partial charge in [-0.2, -0.15) is 5.26 Å². The van der Waals surface area contributed by atoms with E-state index in [9.17, 15) is 9.65 Å². The minimum absolute atomic E-state index is 0.305. The van der Waals surface area contributed by atoms with E-state index >= 15 is 0 Å². The second-order valence-electron chi connectivity index (χ2n) is 7.74. The van der Waals surface area contributed by atoms with Crippen LogP contribution in [0.2, 0.25) is 0 Å². The van der Waals surface area contributed by atoms with Gasteiger partial charge in [0, 0.05) is 30.1 Å². The SMILES string of the molecule is Cc1nc(CN2CCC(CNc3c(C#N)cnc4c(C)cc(F)cc34)CC2)cs1. The average Bonchev–Trinajstić information content (AvgIpc) is 3.11. The molecule has 3 aromatic rings. The Balaban J connectivity index is 1.42. The first-order chi connectivity index (χ1) is 14.0. The number of nitrogens with one attached hydrogen (secondary N) is 1. The molecule has 1 aliphatic heterocycles. The molecule has 0 radical (unpaired) electrons. The molecule has 4 rings (SSSR count). The van der Waals surface area contributed by atoms with Gasteiger partial charge in [-0.3, -0.25) is 9.88 Å². The quantitative estimate of drug-likeness (QED) is 0.665. The molecule has 1 saturated heterocycles. The topological polar surface area (TPSA) is 64.8 Å². The van der Waals surface area contributed by atoms with E-state index in [1.807, 2.05) is 13.8 Å². The maximum Gasteiger partial charge on any atom is 0.124 e. The van der Waals surface area contributed by atoms with Crippen molar-refractivity contribution in [1.29, 1.82) is 5.26 Å². The normalized spacial score (nSPS) is 15.5. The molecule has 1 aliphatic rings. The van der Waals surface area contributed by atoms with E-state index < -0.39 is 0 Å². The third-order valence-electron chi connectivity index (χ3n) is 5.57. The summed E-state index contributed by atoms with van der Waals surface area (Å²) in [4.78, 5) is 11.4. The number of nitriles is 1. The van der Waals surface area contributed by atoms with Crippen LogP contribution in [0.15, 0.2) is 23.7 Å². The van der Waals surface area contributed by atoms with Crippen LogP contribution < -0.4 is 5.32 Å². The van der Waals surface area contributed by atoms with E-state index in [1.54, 1.807) is 17.5 Å². The summed E-state index contributed by atoms with van der Waals surface area (Å²) in [5.41, 5.74) is 3.82. The fraction of sp³-hybridized carbons (Fsp3) is 0.409. The molecule has 0 bridgehead atoms. The molecule has 0 amide bonds. The molecule has 0 atom stereocenters. The maximum atomic E-state index is 14.0. The molecule has 1 N–H and O–H groups in total. The van der Waals surface area contributed by atoms with Crippen LogP contribution in [0.4, 0.5) is 10.1 Å². The van der Waals surface area contributed by atoms with Crippen molar-refractivity contribution in [2.45, 2.75) is 33.2 Å². The zero-order valence-electron chi connectivity index (χ0n) is 16.7. The number of benzene rings is 1. The number of fused-ring (bicyclic) bond motifs is 1. The molecule has 0 saturated carbocycles. The van der Waals surface area contributed by atoms with E-state index in [1.165, 1.54) is 12.1 Å². The van der Waals surface area contributed by atoms with Crippen molar-refractivity contribution >= 4 is 27.9 Å². The summed E-state index contributed by atoms with van der Waals surface area (Å²) in [5, 5.41) is 16.9. The lowest BCUT2D eigenvalue weighted by atomic mass is 9.96. The number of aromatic nitrogens is 2. The van der Waals surface area contributed by atoms with E-state index in [0.717, 1.165) is 60.8 Å². The second-order valence-corrected chi connectivity index (χ2v) is 8.80. The smallest absolute Gasteiger partial charge is 0.124 e. The fourth-order valence-electron chi connectivity index (χ4n) is 4.02. The zero-order valence-corrected chi connectivity index (χ0v) is 17.5. The Labute approximate surface area is 174 Å². The molecule has 1 fully saturated rings. The third kappa shape index (κ3) is 4.39. The maximum absolute atomic E-state index is 14.0. The third-order valence-corrected chi connectivity index (χ3v) is 6.40. The van der Waals surface area contributed by atoms with Crippen LogP contribution in [-0.4, -0.2) is 34.5 Å². The van der Waals surface area contributed by atoms with Gasteiger partial charge in [0.05, 0.1) is 27.5 Å². The zero-order chi connectivity index (χ0) is 20.4. The summed E-state index contributed by atoms with van der Waals surface area (Å²) in [7, 11) is 0. The monoisotopic (exact) mass is 409 g/mol. The Kier molecular flexibility index (Phi) is 5.74. The van der Waals surface area contributed by atoms with Gasteiger partial charge in [-0.1, -0.05) is 0 Å². The number of nitrogens with zero attached hydrogens (tertiary/aromatic N) is 4. The first-order valence-corrected chi connectivity index (χ1v) is 10.8. The van der Waals surface area contributed by atoms with Crippen LogP contribution in [0.5, 0.6) is 0 Å². The van der Waals surface area contributed by atoms with Crippen LogP contribution in [0, 0.1) is 36.9 Å². The van der Waals surface area contributed by atoms with Crippen molar-refractivity contribution < 1.29 is 4.39 Å². The van der Waals surface area contributed by atoms with Gasteiger partial charge in [0.1, 0.15) is 11.9 Å². The summed E-state index contributed by atoms with van der Waals surface area (Å²) in [5.74, 6) is 0.216. The van der Waals surface area contributed by atoms with Gasteiger partial charge in [-0.15, -0.1) is 11.3 Å². The molecule has 5 nitrogen and oxygen atoms in total. The van der Waals surface area contributed by atoms with Crippen molar-refractivity contribution in [2.24, 2.45) is 5.92 Å². The Morgan fingerprint density at radius 1 is 1.31 bits per heavy atom. The lowest BCUT2D eigenvalue weighted by Crippen LogP contribution is -2.35. The van der Waals surface area contributed by atoms with Crippen LogP contribution in [0.25, 0.3) is 10.9 Å². The minimum atomic E-state index is -0.305. The summed E-state index contributed by atoms with van der Waals surface area (Å²) in [6.07, 6.45) is 3.76. The van der Waals surface area contributed by atoms with Crippen molar-refractivity contribution in [2.75, 3.05) is 25.0 Å². The molecule has 0 spiro atoms. The van der Waals surface area contributed by atoms with Gasteiger partial charge in [-0.05, 0) is 63.4 Å². The minimum Gasteiger partial charge on any atom is -0.383 e. The molecule has 3 heterocycles. The number of pyridine rings is 1. The van der Waals surface area contributed by atoms with Crippen molar-refractivity contribution in [3.05, 3.63) is 51.4 Å². The van der Waals surface area contributed by atoms with Gasteiger partial charge in [0.15, 0.2) is 0 Å². The van der Waals surface area contributed by atoms with Crippen molar-refractivity contribution in [1.82, 2.24) is 14.9 Å². The largest absolute Gasteiger partial charge is 0.383 e. The van der Waals surface area contributed by atoms with Crippen molar-refractivity contribution in [3.8, 4) is 6.07 Å². The van der Waals surface area contributed by atoms with E-state index in [0.29, 0.717) is 22.6 Å². The Morgan fingerprint density at radius 2 is 2.10 bits per heavy atom. The van der Waals surface area contributed by atoms with Crippen LogP contribution in [-0.2, 0) is 6.54 Å². The number of anilines is 1. The second kappa shape index (κ2) is 8.44. The molecular formula is C22H24FN5S. The van der Waals surface area contributed by atoms with E-state index in [4.69, 9.17) is 0 Å². The predicted octanol–water partition coefficient (Wildman–Crippen LogP) is 4.64. The van der Waals surface area contributed by atoms with Gasteiger partial charge in [0.25, 0.3) is 0 Å².